The molecule has 2 rings (SSSR count). The molecule has 3 heteroatoms. The molecule has 0 unspecified atom stereocenters. The number of nitrogens with zero attached hydrogens (tertiary/aromatic N) is 2. The first-order chi connectivity index (χ1) is 7.43. The lowest BCUT2D eigenvalue weighted by Gasteiger charge is -2.19. The van der Waals surface area contributed by atoms with E-state index in [0.717, 1.165) is 11.1 Å². The van der Waals surface area contributed by atoms with E-state index in [1.807, 2.05) is 23.9 Å². The Labute approximate surface area is 96.2 Å². The third-order valence-corrected chi connectivity index (χ3v) is 2.84. The third kappa shape index (κ3) is 1.71. The maximum atomic E-state index is 5.68. The first-order valence-corrected chi connectivity index (χ1v) is 5.59. The highest BCUT2D eigenvalue weighted by Gasteiger charge is 2.21. The van der Waals surface area contributed by atoms with Crippen molar-refractivity contribution in [3.63, 3.8) is 0 Å². The summed E-state index contributed by atoms with van der Waals surface area (Å²) in [6.07, 6.45) is 0. The molecule has 1 heterocycles. The lowest BCUT2D eigenvalue weighted by atomic mass is 9.89. The van der Waals surface area contributed by atoms with Gasteiger partial charge in [0.1, 0.15) is 0 Å². The summed E-state index contributed by atoms with van der Waals surface area (Å²) in [5.41, 5.74) is 9.24. The molecule has 1 aromatic heterocycles. The van der Waals surface area contributed by atoms with Crippen LogP contribution in [0.2, 0.25) is 0 Å². The van der Waals surface area contributed by atoms with Crippen LogP contribution in [-0.2, 0) is 19.0 Å². The molecule has 2 N–H and O–H groups in total. The molecule has 0 saturated heterocycles. The number of aromatic nitrogens is 2. The second-order valence-electron chi connectivity index (χ2n) is 5.28. The number of nitrogens with two attached hydrogens (primary N) is 1. The van der Waals surface area contributed by atoms with Crippen molar-refractivity contribution in [2.75, 3.05) is 0 Å². The molecule has 3 nitrogen and oxygen atoms in total. The highest BCUT2D eigenvalue weighted by atomic mass is 15.3. The van der Waals surface area contributed by atoms with Gasteiger partial charge in [-0.05, 0) is 17.7 Å². The van der Waals surface area contributed by atoms with E-state index >= 15 is 0 Å². The molecule has 2 aromatic rings. The van der Waals surface area contributed by atoms with Gasteiger partial charge in [-0.3, -0.25) is 4.68 Å². The average Bonchev–Trinajstić information content (AvgIpc) is 2.51. The van der Waals surface area contributed by atoms with Gasteiger partial charge in [-0.2, -0.15) is 5.10 Å². The topological polar surface area (TPSA) is 43.8 Å². The summed E-state index contributed by atoms with van der Waals surface area (Å²) in [6.45, 7) is 7.20. The lowest BCUT2D eigenvalue weighted by Crippen LogP contribution is -2.16. The minimum atomic E-state index is 0.0940. The van der Waals surface area contributed by atoms with E-state index in [-0.39, 0.29) is 5.41 Å². The number of aryl methyl sites for hydroxylation is 1. The largest absolute Gasteiger partial charge is 0.326 e. The zero-order valence-electron chi connectivity index (χ0n) is 10.4. The lowest BCUT2D eigenvalue weighted by molar-refractivity contribution is 0.528. The first-order valence-electron chi connectivity index (χ1n) is 5.59. The Kier molecular flexibility index (Phi) is 2.50. The second-order valence-corrected chi connectivity index (χ2v) is 5.28. The van der Waals surface area contributed by atoms with E-state index in [4.69, 9.17) is 5.73 Å². The molecule has 1 aromatic carbocycles. The Bertz CT molecular complexity index is 518. The van der Waals surface area contributed by atoms with Gasteiger partial charge < -0.3 is 5.73 Å². The molecule has 0 saturated carbocycles. The average molecular weight is 217 g/mol. The van der Waals surface area contributed by atoms with Crippen LogP contribution in [0.4, 0.5) is 0 Å². The molecule has 0 aliphatic carbocycles. The fraction of sp³-hybridized carbons (Fsp3) is 0.462. The van der Waals surface area contributed by atoms with E-state index in [0.29, 0.717) is 6.54 Å². The predicted molar refractivity (Wildman–Crippen MR) is 67.3 cm³/mol. The molecular formula is C13H19N3. The van der Waals surface area contributed by atoms with E-state index in [1.54, 1.807) is 0 Å². The molecule has 0 radical (unpaired) electrons. The predicted octanol–water partition coefficient (Wildman–Crippen LogP) is 2.33. The molecule has 0 aliphatic rings. The maximum Gasteiger partial charge on any atom is 0.0926 e. The van der Waals surface area contributed by atoms with Gasteiger partial charge in [-0.1, -0.05) is 26.8 Å². The number of rotatable bonds is 1. The van der Waals surface area contributed by atoms with Crippen LogP contribution in [0.25, 0.3) is 10.9 Å². The Balaban J connectivity index is 2.76. The zero-order valence-corrected chi connectivity index (χ0v) is 10.4. The van der Waals surface area contributed by atoms with Gasteiger partial charge in [0.15, 0.2) is 0 Å². The van der Waals surface area contributed by atoms with Crippen molar-refractivity contribution in [1.29, 1.82) is 0 Å². The monoisotopic (exact) mass is 217 g/mol. The van der Waals surface area contributed by atoms with Crippen molar-refractivity contribution in [2.45, 2.75) is 32.7 Å². The first kappa shape index (κ1) is 11.1. The molecule has 0 amide bonds. The summed E-state index contributed by atoms with van der Waals surface area (Å²) < 4.78 is 1.98. The highest BCUT2D eigenvalue weighted by Crippen LogP contribution is 2.29. The zero-order chi connectivity index (χ0) is 11.9. The van der Waals surface area contributed by atoms with Crippen molar-refractivity contribution in [1.82, 2.24) is 9.78 Å². The number of fused-ring (bicyclic) bond motifs is 1. The van der Waals surface area contributed by atoms with E-state index in [1.165, 1.54) is 11.1 Å². The van der Waals surface area contributed by atoms with Crippen LogP contribution < -0.4 is 5.73 Å². The normalized spacial score (nSPS) is 12.3. The van der Waals surface area contributed by atoms with Crippen molar-refractivity contribution in [2.24, 2.45) is 12.8 Å². The van der Waals surface area contributed by atoms with Crippen molar-refractivity contribution >= 4 is 10.9 Å². The summed E-state index contributed by atoms with van der Waals surface area (Å²) in [6, 6.07) is 6.25. The molecule has 0 aliphatic heterocycles. The van der Waals surface area contributed by atoms with Crippen LogP contribution in [0.15, 0.2) is 18.2 Å². The van der Waals surface area contributed by atoms with Crippen molar-refractivity contribution < 1.29 is 0 Å². The maximum absolute atomic E-state index is 5.68. The summed E-state index contributed by atoms with van der Waals surface area (Å²) >= 11 is 0. The van der Waals surface area contributed by atoms with Crippen molar-refractivity contribution in [3.8, 4) is 0 Å². The Hall–Kier alpha value is -1.35. The van der Waals surface area contributed by atoms with Gasteiger partial charge in [0.25, 0.3) is 0 Å². The third-order valence-electron chi connectivity index (χ3n) is 2.84. The number of hydrogen-bond donors (Lipinski definition) is 1. The van der Waals surface area contributed by atoms with Crippen molar-refractivity contribution in [3.05, 3.63) is 29.5 Å². The van der Waals surface area contributed by atoms with E-state index in [2.05, 4.69) is 31.9 Å². The van der Waals surface area contributed by atoms with Gasteiger partial charge in [0.2, 0.25) is 0 Å². The molecule has 86 valence electrons. The summed E-state index contributed by atoms with van der Waals surface area (Å²) in [5.74, 6) is 0. The van der Waals surface area contributed by atoms with Crippen LogP contribution in [0.5, 0.6) is 0 Å². The van der Waals surface area contributed by atoms with Gasteiger partial charge in [0.05, 0.1) is 11.2 Å². The van der Waals surface area contributed by atoms with E-state index in [9.17, 15) is 0 Å². The minimum absolute atomic E-state index is 0.0940. The molecule has 0 atom stereocenters. The SMILES string of the molecule is Cn1nc2ccc(CN)cc2c1C(C)(C)C. The van der Waals surface area contributed by atoms with Crippen LogP contribution >= 0.6 is 0 Å². The summed E-state index contributed by atoms with van der Waals surface area (Å²) in [4.78, 5) is 0. The Morgan fingerprint density at radius 2 is 2.00 bits per heavy atom. The molecule has 0 spiro atoms. The van der Waals surface area contributed by atoms with Gasteiger partial charge in [-0.25, -0.2) is 0 Å². The smallest absolute Gasteiger partial charge is 0.0926 e. The standard InChI is InChI=1S/C13H19N3/c1-13(2,3)12-10-7-9(8-14)5-6-11(10)15-16(12)4/h5-7H,8,14H2,1-4H3. The summed E-state index contributed by atoms with van der Waals surface area (Å²) in [5, 5.41) is 5.75. The van der Waals surface area contributed by atoms with E-state index < -0.39 is 0 Å². The molecular weight excluding hydrogens is 198 g/mol. The van der Waals surface area contributed by atoms with Gasteiger partial charge >= 0.3 is 0 Å². The Morgan fingerprint density at radius 3 is 2.56 bits per heavy atom. The van der Waals surface area contributed by atoms with Gasteiger partial charge in [0, 0.05) is 24.4 Å². The van der Waals surface area contributed by atoms with Crippen LogP contribution in [0, 0.1) is 0 Å². The fourth-order valence-corrected chi connectivity index (χ4v) is 2.26. The molecule has 16 heavy (non-hydrogen) atoms. The van der Waals surface area contributed by atoms with Crippen LogP contribution in [0.1, 0.15) is 32.0 Å². The second kappa shape index (κ2) is 3.59. The Morgan fingerprint density at radius 1 is 1.31 bits per heavy atom. The highest BCUT2D eigenvalue weighted by molar-refractivity contribution is 5.83. The number of benzene rings is 1. The van der Waals surface area contributed by atoms with Crippen LogP contribution in [-0.4, -0.2) is 9.78 Å². The fourth-order valence-electron chi connectivity index (χ4n) is 2.26. The molecule has 0 fully saturated rings. The number of hydrogen-bond acceptors (Lipinski definition) is 2. The summed E-state index contributed by atoms with van der Waals surface area (Å²) in [7, 11) is 2.00. The quantitative estimate of drug-likeness (QED) is 0.796. The van der Waals surface area contributed by atoms with Gasteiger partial charge in [-0.15, -0.1) is 0 Å². The minimum Gasteiger partial charge on any atom is -0.326 e. The molecule has 0 bridgehead atoms. The van der Waals surface area contributed by atoms with Crippen LogP contribution in [0.3, 0.4) is 0 Å².